The van der Waals surface area contributed by atoms with Crippen molar-refractivity contribution in [1.29, 1.82) is 0 Å². The van der Waals surface area contributed by atoms with Crippen LogP contribution in [0.15, 0.2) is 40.8 Å². The summed E-state index contributed by atoms with van der Waals surface area (Å²) in [5.74, 6) is 0.446. The number of benzene rings is 1. The quantitative estimate of drug-likeness (QED) is 0.632. The van der Waals surface area contributed by atoms with Gasteiger partial charge in [-0.25, -0.2) is 9.98 Å². The molecule has 0 atom stereocenters. The maximum Gasteiger partial charge on any atom is 0.251 e. The number of amides is 1. The van der Waals surface area contributed by atoms with Gasteiger partial charge >= 0.3 is 0 Å². The topological polar surface area (TPSA) is 86.8 Å². The molecule has 0 aliphatic carbocycles. The molecular weight excluding hydrogens is 336 g/mol. The number of rotatable bonds is 4. The summed E-state index contributed by atoms with van der Waals surface area (Å²) in [6.45, 7) is 3.88. The number of nitrogens with zero attached hydrogens (tertiary/aromatic N) is 4. The van der Waals surface area contributed by atoms with Crippen LogP contribution in [0.2, 0.25) is 0 Å². The zero-order chi connectivity index (χ0) is 17.6. The Kier molecular flexibility index (Phi) is 5.49. The van der Waals surface area contributed by atoms with E-state index in [1.165, 1.54) is 0 Å². The van der Waals surface area contributed by atoms with Crippen LogP contribution in [-0.2, 0) is 6.54 Å². The second-order valence-electron chi connectivity index (χ2n) is 5.74. The second kappa shape index (κ2) is 7.98. The summed E-state index contributed by atoms with van der Waals surface area (Å²) in [5, 5.41) is 5.67. The van der Waals surface area contributed by atoms with E-state index >= 15 is 0 Å². The molecule has 0 bridgehead atoms. The number of guanidine groups is 1. The number of piperazine rings is 1. The maximum absolute atomic E-state index is 11.7. The molecule has 1 aromatic carbocycles. The van der Waals surface area contributed by atoms with Crippen LogP contribution >= 0.6 is 11.3 Å². The van der Waals surface area contributed by atoms with Crippen molar-refractivity contribution in [3.05, 3.63) is 47.0 Å². The molecule has 0 spiro atoms. The van der Waals surface area contributed by atoms with Gasteiger partial charge in [0.2, 0.25) is 0 Å². The predicted octanol–water partition coefficient (Wildman–Crippen LogP) is 1.14. The molecular formula is C17H22N6OS. The molecule has 0 saturated carbocycles. The van der Waals surface area contributed by atoms with Gasteiger partial charge in [-0.15, -0.1) is 11.3 Å². The number of anilines is 1. The molecule has 3 rings (SSSR count). The van der Waals surface area contributed by atoms with E-state index in [2.05, 4.69) is 25.1 Å². The number of hydrogen-bond donors (Lipinski definition) is 2. The van der Waals surface area contributed by atoms with Crippen molar-refractivity contribution in [2.24, 2.45) is 10.7 Å². The fourth-order valence-corrected chi connectivity index (χ4v) is 3.42. The van der Waals surface area contributed by atoms with E-state index < -0.39 is 0 Å². The highest BCUT2D eigenvalue weighted by Gasteiger charge is 2.19. The normalized spacial score (nSPS) is 15.3. The first-order valence-electron chi connectivity index (χ1n) is 8.17. The summed E-state index contributed by atoms with van der Waals surface area (Å²) in [6.07, 6.45) is 1.83. The van der Waals surface area contributed by atoms with Gasteiger partial charge in [0.1, 0.15) is 0 Å². The third-order valence-corrected chi connectivity index (χ3v) is 4.97. The zero-order valence-electron chi connectivity index (χ0n) is 14.2. The van der Waals surface area contributed by atoms with Gasteiger partial charge in [0.05, 0.1) is 6.54 Å². The molecule has 7 nitrogen and oxygen atoms in total. The summed E-state index contributed by atoms with van der Waals surface area (Å²) in [5.41, 5.74) is 7.74. The molecule has 0 radical (unpaired) electrons. The Morgan fingerprint density at radius 3 is 2.84 bits per heavy atom. The standard InChI is InChI=1S/C17H22N6OS/c1-19-15(24)14-4-2-3-13(11-14)12-21-16(18)22-6-8-23(9-7-22)17-20-5-10-25-17/h2-5,10-11H,6-9,12H2,1H3,(H2,18,21)(H,19,24). The Hall–Kier alpha value is -2.61. The molecule has 8 heteroatoms. The third-order valence-electron chi connectivity index (χ3n) is 4.13. The Balaban J connectivity index is 1.57. The molecule has 1 saturated heterocycles. The lowest BCUT2D eigenvalue weighted by atomic mass is 10.1. The highest BCUT2D eigenvalue weighted by atomic mass is 32.1. The van der Waals surface area contributed by atoms with Crippen molar-refractivity contribution < 1.29 is 4.79 Å². The fourth-order valence-electron chi connectivity index (χ4n) is 2.73. The van der Waals surface area contributed by atoms with Crippen LogP contribution in [0.3, 0.4) is 0 Å². The third kappa shape index (κ3) is 4.27. The summed E-state index contributed by atoms with van der Waals surface area (Å²) in [6, 6.07) is 7.44. The number of nitrogens with one attached hydrogen (secondary N) is 1. The minimum Gasteiger partial charge on any atom is -0.370 e. The summed E-state index contributed by atoms with van der Waals surface area (Å²) in [4.78, 5) is 24.9. The number of nitrogens with two attached hydrogens (primary N) is 1. The van der Waals surface area contributed by atoms with E-state index in [4.69, 9.17) is 5.73 Å². The van der Waals surface area contributed by atoms with E-state index in [-0.39, 0.29) is 5.91 Å². The minimum absolute atomic E-state index is 0.0999. The molecule has 1 aromatic heterocycles. The van der Waals surface area contributed by atoms with Gasteiger partial charge in [0.25, 0.3) is 5.91 Å². The van der Waals surface area contributed by atoms with Crippen molar-refractivity contribution in [3.63, 3.8) is 0 Å². The van der Waals surface area contributed by atoms with Gasteiger partial charge in [0.15, 0.2) is 11.1 Å². The fraction of sp³-hybridized carbons (Fsp3) is 0.353. The summed E-state index contributed by atoms with van der Waals surface area (Å²) < 4.78 is 0. The lowest BCUT2D eigenvalue weighted by Gasteiger charge is -2.35. The lowest BCUT2D eigenvalue weighted by Crippen LogP contribution is -2.51. The van der Waals surface area contributed by atoms with E-state index in [1.807, 2.05) is 29.8 Å². The monoisotopic (exact) mass is 358 g/mol. The Labute approximate surface area is 151 Å². The van der Waals surface area contributed by atoms with Crippen LogP contribution in [0, 0.1) is 0 Å². The Morgan fingerprint density at radius 1 is 1.36 bits per heavy atom. The van der Waals surface area contributed by atoms with Gasteiger partial charge in [-0.2, -0.15) is 0 Å². The maximum atomic E-state index is 11.7. The van der Waals surface area contributed by atoms with E-state index in [9.17, 15) is 4.79 Å². The number of carbonyl (C=O) groups excluding carboxylic acids is 1. The van der Waals surface area contributed by atoms with Crippen molar-refractivity contribution >= 4 is 28.3 Å². The molecule has 1 aliphatic heterocycles. The van der Waals surface area contributed by atoms with Gasteiger partial charge in [-0.05, 0) is 17.7 Å². The van der Waals surface area contributed by atoms with E-state index in [0.717, 1.165) is 36.9 Å². The zero-order valence-corrected chi connectivity index (χ0v) is 15.0. The largest absolute Gasteiger partial charge is 0.370 e. The van der Waals surface area contributed by atoms with Crippen LogP contribution in [-0.4, -0.2) is 55.0 Å². The first kappa shape index (κ1) is 17.2. The Morgan fingerprint density at radius 2 is 2.16 bits per heavy atom. The first-order chi connectivity index (χ1) is 12.2. The van der Waals surface area contributed by atoms with Gasteiger partial charge < -0.3 is 20.9 Å². The molecule has 25 heavy (non-hydrogen) atoms. The molecule has 3 N–H and O–H groups in total. The van der Waals surface area contributed by atoms with Gasteiger partial charge in [-0.3, -0.25) is 4.79 Å². The average Bonchev–Trinajstić information content (AvgIpc) is 3.20. The van der Waals surface area contributed by atoms with Crippen molar-refractivity contribution in [3.8, 4) is 0 Å². The average molecular weight is 358 g/mol. The number of hydrogen-bond acceptors (Lipinski definition) is 5. The Bertz CT molecular complexity index is 737. The molecule has 0 unspecified atom stereocenters. The van der Waals surface area contributed by atoms with Crippen LogP contribution in [0.25, 0.3) is 0 Å². The first-order valence-corrected chi connectivity index (χ1v) is 9.05. The SMILES string of the molecule is CNC(=O)c1cccc(CN=C(N)N2CCN(c3nccs3)CC2)c1. The second-order valence-corrected chi connectivity index (χ2v) is 6.62. The van der Waals surface area contributed by atoms with Crippen LogP contribution in [0.1, 0.15) is 15.9 Å². The molecule has 2 aromatic rings. The molecule has 2 heterocycles. The van der Waals surface area contributed by atoms with E-state index in [1.54, 1.807) is 24.5 Å². The van der Waals surface area contributed by atoms with Gasteiger partial charge in [-0.1, -0.05) is 12.1 Å². The van der Waals surface area contributed by atoms with Crippen LogP contribution in [0.4, 0.5) is 5.13 Å². The highest BCUT2D eigenvalue weighted by molar-refractivity contribution is 7.13. The van der Waals surface area contributed by atoms with Gasteiger partial charge in [0, 0.05) is 50.4 Å². The highest BCUT2D eigenvalue weighted by Crippen LogP contribution is 2.18. The predicted molar refractivity (Wildman–Crippen MR) is 101 cm³/mol. The summed E-state index contributed by atoms with van der Waals surface area (Å²) in [7, 11) is 1.62. The summed E-state index contributed by atoms with van der Waals surface area (Å²) >= 11 is 1.65. The van der Waals surface area contributed by atoms with Crippen LogP contribution in [0.5, 0.6) is 0 Å². The molecule has 132 valence electrons. The van der Waals surface area contributed by atoms with E-state index in [0.29, 0.717) is 18.1 Å². The van der Waals surface area contributed by atoms with Crippen molar-refractivity contribution in [1.82, 2.24) is 15.2 Å². The number of thiazole rings is 1. The minimum atomic E-state index is -0.0999. The number of aliphatic imine (C=N–C) groups is 1. The number of aromatic nitrogens is 1. The van der Waals surface area contributed by atoms with Crippen LogP contribution < -0.4 is 16.0 Å². The smallest absolute Gasteiger partial charge is 0.251 e. The molecule has 1 aliphatic rings. The lowest BCUT2D eigenvalue weighted by molar-refractivity contribution is 0.0963. The van der Waals surface area contributed by atoms with Crippen molar-refractivity contribution in [2.45, 2.75) is 6.54 Å². The van der Waals surface area contributed by atoms with Crippen molar-refractivity contribution in [2.75, 3.05) is 38.1 Å². The molecule has 1 amide bonds. The molecule has 1 fully saturated rings. The number of carbonyl (C=O) groups is 1.